The number of benzene rings is 2. The van der Waals surface area contributed by atoms with Gasteiger partial charge in [-0.3, -0.25) is 14.5 Å². The molecule has 0 atom stereocenters. The van der Waals surface area contributed by atoms with Crippen molar-refractivity contribution in [3.63, 3.8) is 0 Å². The van der Waals surface area contributed by atoms with Gasteiger partial charge < -0.3 is 5.73 Å². The maximum absolute atomic E-state index is 11.8. The molecule has 0 bridgehead atoms. The molecule has 4 aromatic rings. The summed E-state index contributed by atoms with van der Waals surface area (Å²) in [7, 11) is -4.47. The van der Waals surface area contributed by atoms with Crippen molar-refractivity contribution in [2.45, 2.75) is 11.8 Å². The molecule has 0 aliphatic carbocycles. The summed E-state index contributed by atoms with van der Waals surface area (Å²) in [6, 6.07) is 13.4. The van der Waals surface area contributed by atoms with Gasteiger partial charge in [-0.25, -0.2) is 0 Å². The monoisotopic (exact) mass is 419 g/mol. The average molecular weight is 419 g/mol. The maximum Gasteiger partial charge on any atom is 0.295 e. The van der Waals surface area contributed by atoms with Crippen molar-refractivity contribution in [3.8, 4) is 11.3 Å². The van der Waals surface area contributed by atoms with Gasteiger partial charge in [0.2, 0.25) is 0 Å². The Balaban J connectivity index is 1.77. The number of aromatic nitrogens is 2. The largest absolute Gasteiger partial charge is 0.396 e. The molecule has 4 rings (SSSR count). The molecular formula is C21H17N5O3S. The second kappa shape index (κ2) is 7.62. The summed E-state index contributed by atoms with van der Waals surface area (Å²) in [6.45, 7) is 1.86. The van der Waals surface area contributed by atoms with Crippen molar-refractivity contribution < 1.29 is 13.0 Å². The Morgan fingerprint density at radius 2 is 1.70 bits per heavy atom. The number of nitrogens with two attached hydrogens (primary N) is 1. The Kier molecular flexibility index (Phi) is 4.98. The minimum absolute atomic E-state index is 0.136. The summed E-state index contributed by atoms with van der Waals surface area (Å²) in [4.78, 5) is 8.20. The molecular weight excluding hydrogens is 402 g/mol. The van der Waals surface area contributed by atoms with Crippen molar-refractivity contribution in [2.75, 3.05) is 5.73 Å². The van der Waals surface area contributed by atoms with E-state index in [0.29, 0.717) is 16.5 Å². The fourth-order valence-electron chi connectivity index (χ4n) is 3.08. The number of aryl methyl sites for hydroxylation is 1. The number of rotatable bonds is 4. The van der Waals surface area contributed by atoms with Crippen LogP contribution in [0, 0.1) is 6.92 Å². The van der Waals surface area contributed by atoms with Crippen LogP contribution in [-0.2, 0) is 10.1 Å². The van der Waals surface area contributed by atoms with Crippen LogP contribution in [0.1, 0.15) is 5.56 Å². The van der Waals surface area contributed by atoms with Gasteiger partial charge in [-0.15, -0.1) is 10.2 Å². The van der Waals surface area contributed by atoms with Gasteiger partial charge >= 0.3 is 0 Å². The van der Waals surface area contributed by atoms with Gasteiger partial charge in [-0.1, -0.05) is 24.3 Å². The van der Waals surface area contributed by atoms with Crippen LogP contribution in [-0.4, -0.2) is 22.9 Å². The molecule has 8 nitrogen and oxygen atoms in total. The van der Waals surface area contributed by atoms with Crippen LogP contribution >= 0.6 is 0 Å². The minimum Gasteiger partial charge on any atom is -0.396 e. The molecule has 2 aromatic carbocycles. The van der Waals surface area contributed by atoms with Gasteiger partial charge in [0.1, 0.15) is 16.3 Å². The van der Waals surface area contributed by atoms with E-state index in [0.717, 1.165) is 16.8 Å². The zero-order chi connectivity index (χ0) is 21.3. The first-order valence-corrected chi connectivity index (χ1v) is 10.4. The second-order valence-corrected chi connectivity index (χ2v) is 8.02. The van der Waals surface area contributed by atoms with Gasteiger partial charge in [0.25, 0.3) is 10.1 Å². The zero-order valence-corrected chi connectivity index (χ0v) is 16.7. The molecule has 2 heterocycles. The van der Waals surface area contributed by atoms with Gasteiger partial charge in [-0.05, 0) is 36.8 Å². The van der Waals surface area contributed by atoms with E-state index in [1.165, 1.54) is 6.07 Å². The summed E-state index contributed by atoms with van der Waals surface area (Å²) in [5.74, 6) is 0. The van der Waals surface area contributed by atoms with E-state index in [1.807, 2.05) is 25.1 Å². The Morgan fingerprint density at radius 3 is 2.37 bits per heavy atom. The smallest absolute Gasteiger partial charge is 0.295 e. The molecule has 2 aromatic heterocycles. The Morgan fingerprint density at radius 1 is 0.967 bits per heavy atom. The molecule has 0 unspecified atom stereocenters. The van der Waals surface area contributed by atoms with Gasteiger partial charge in [0.15, 0.2) is 0 Å². The summed E-state index contributed by atoms with van der Waals surface area (Å²) in [6.07, 6.45) is 4.98. The summed E-state index contributed by atoms with van der Waals surface area (Å²) in [5.41, 5.74) is 9.53. The standard InChI is InChI=1S/C21H17N5O3S/c1-13-9-17(14-5-4-8-23-11-14)24-12-19(13)26-25-18-10-20(30(27,28)29)15-6-2-3-7-16(15)21(18)22/h2-12H,22H2,1H3,(H,27,28,29). The van der Waals surface area contributed by atoms with Crippen LogP contribution in [0.5, 0.6) is 0 Å². The van der Waals surface area contributed by atoms with Crippen LogP contribution in [0.25, 0.3) is 22.0 Å². The maximum atomic E-state index is 11.8. The lowest BCUT2D eigenvalue weighted by Gasteiger charge is -2.09. The van der Waals surface area contributed by atoms with Crippen molar-refractivity contribution in [1.82, 2.24) is 9.97 Å². The first kappa shape index (κ1) is 19.6. The number of azo groups is 1. The minimum atomic E-state index is -4.47. The highest BCUT2D eigenvalue weighted by atomic mass is 32.2. The topological polar surface area (TPSA) is 131 Å². The third kappa shape index (κ3) is 3.76. The fraction of sp³-hybridized carbons (Fsp3) is 0.0476. The van der Waals surface area contributed by atoms with E-state index >= 15 is 0 Å². The highest BCUT2D eigenvalue weighted by Crippen LogP contribution is 2.37. The molecule has 150 valence electrons. The van der Waals surface area contributed by atoms with Crippen molar-refractivity contribution in [1.29, 1.82) is 0 Å². The summed E-state index contributed by atoms with van der Waals surface area (Å²) < 4.78 is 33.3. The number of hydrogen-bond donors (Lipinski definition) is 2. The van der Waals surface area contributed by atoms with Gasteiger partial charge in [0.05, 0.1) is 17.6 Å². The number of nitrogens with zero attached hydrogens (tertiary/aromatic N) is 4. The van der Waals surface area contributed by atoms with Crippen LogP contribution in [0.2, 0.25) is 0 Å². The van der Waals surface area contributed by atoms with Gasteiger partial charge in [-0.2, -0.15) is 8.42 Å². The molecule has 0 amide bonds. The number of nitrogen functional groups attached to an aromatic ring is 1. The number of hydrogen-bond acceptors (Lipinski definition) is 7. The molecule has 0 aliphatic heterocycles. The lowest BCUT2D eigenvalue weighted by molar-refractivity contribution is 0.484. The average Bonchev–Trinajstić information content (AvgIpc) is 2.74. The quantitative estimate of drug-likeness (QED) is 0.276. The van der Waals surface area contributed by atoms with E-state index in [-0.39, 0.29) is 16.3 Å². The first-order chi connectivity index (χ1) is 14.3. The molecule has 0 spiro atoms. The summed E-state index contributed by atoms with van der Waals surface area (Å²) >= 11 is 0. The van der Waals surface area contributed by atoms with E-state index in [4.69, 9.17) is 5.73 Å². The molecule has 9 heteroatoms. The van der Waals surface area contributed by atoms with Gasteiger partial charge in [0, 0.05) is 28.7 Å². The van der Waals surface area contributed by atoms with Crippen molar-refractivity contribution in [3.05, 3.63) is 72.7 Å². The van der Waals surface area contributed by atoms with Crippen LogP contribution in [0.15, 0.2) is 82.2 Å². The first-order valence-electron chi connectivity index (χ1n) is 8.92. The molecule has 0 saturated carbocycles. The third-order valence-corrected chi connectivity index (χ3v) is 5.50. The molecule has 0 aliphatic rings. The highest BCUT2D eigenvalue weighted by Gasteiger charge is 2.18. The molecule has 0 saturated heterocycles. The number of pyridine rings is 2. The van der Waals surface area contributed by atoms with Crippen LogP contribution in [0.3, 0.4) is 0 Å². The van der Waals surface area contributed by atoms with Crippen molar-refractivity contribution in [2.24, 2.45) is 10.2 Å². The molecule has 3 N–H and O–H groups in total. The van der Waals surface area contributed by atoms with E-state index in [9.17, 15) is 13.0 Å². The van der Waals surface area contributed by atoms with Crippen molar-refractivity contribution >= 4 is 38.0 Å². The van der Waals surface area contributed by atoms with Crippen LogP contribution < -0.4 is 5.73 Å². The third-order valence-electron chi connectivity index (χ3n) is 4.61. The Hall–Kier alpha value is -3.69. The zero-order valence-electron chi connectivity index (χ0n) is 15.9. The lowest BCUT2D eigenvalue weighted by Crippen LogP contribution is -2.01. The lowest BCUT2D eigenvalue weighted by atomic mass is 10.1. The fourth-order valence-corrected chi connectivity index (χ4v) is 3.80. The molecule has 0 radical (unpaired) electrons. The number of fused-ring (bicyclic) bond motifs is 1. The Bertz CT molecular complexity index is 1390. The number of anilines is 1. The normalized spacial score (nSPS) is 11.9. The van der Waals surface area contributed by atoms with E-state index in [2.05, 4.69) is 20.2 Å². The Labute approximate surface area is 172 Å². The predicted octanol–water partition coefficient (Wildman–Crippen LogP) is 4.85. The van der Waals surface area contributed by atoms with E-state index in [1.54, 1.807) is 42.9 Å². The highest BCUT2D eigenvalue weighted by molar-refractivity contribution is 7.86. The SMILES string of the molecule is Cc1cc(-c2cccnc2)ncc1N=Nc1cc(S(=O)(=O)O)c2ccccc2c1N. The van der Waals surface area contributed by atoms with Crippen LogP contribution in [0.4, 0.5) is 17.1 Å². The predicted molar refractivity (Wildman–Crippen MR) is 115 cm³/mol. The molecule has 30 heavy (non-hydrogen) atoms. The molecule has 0 fully saturated rings. The second-order valence-electron chi connectivity index (χ2n) is 6.63. The van der Waals surface area contributed by atoms with E-state index < -0.39 is 10.1 Å². The summed E-state index contributed by atoms with van der Waals surface area (Å²) in [5, 5.41) is 9.10.